The Morgan fingerprint density at radius 2 is 1.89 bits per heavy atom. The summed E-state index contributed by atoms with van der Waals surface area (Å²) >= 11 is 0. The summed E-state index contributed by atoms with van der Waals surface area (Å²) in [6, 6.07) is 17.6. The molecule has 0 spiro atoms. The van der Waals surface area contributed by atoms with E-state index < -0.39 is 0 Å². The van der Waals surface area contributed by atoms with Crippen LogP contribution < -0.4 is 0 Å². The number of hydrogen-bond donors (Lipinski definition) is 0. The predicted molar refractivity (Wildman–Crippen MR) is 109 cm³/mol. The van der Waals surface area contributed by atoms with E-state index in [0.717, 1.165) is 34.6 Å². The van der Waals surface area contributed by atoms with Crippen molar-refractivity contribution in [1.82, 2.24) is 14.9 Å². The van der Waals surface area contributed by atoms with Crippen molar-refractivity contribution in [3.63, 3.8) is 0 Å². The van der Waals surface area contributed by atoms with Gasteiger partial charge >= 0.3 is 0 Å². The smallest absolute Gasteiger partial charge is 0.254 e. The summed E-state index contributed by atoms with van der Waals surface area (Å²) in [5.74, 6) is -0.00734. The molecule has 3 rings (SSSR count). The van der Waals surface area contributed by atoms with Crippen LogP contribution in [0.1, 0.15) is 46.8 Å². The van der Waals surface area contributed by atoms with Crippen molar-refractivity contribution in [2.45, 2.75) is 33.2 Å². The van der Waals surface area contributed by atoms with Crippen LogP contribution in [0.15, 0.2) is 60.8 Å². The Kier molecular flexibility index (Phi) is 5.65. The molecule has 0 saturated heterocycles. The number of hydrogen-bond acceptors (Lipinski definition) is 3. The van der Waals surface area contributed by atoms with Crippen molar-refractivity contribution < 1.29 is 4.79 Å². The number of nitrogens with zero attached hydrogens (tertiary/aromatic N) is 3. The molecule has 2 heterocycles. The lowest BCUT2D eigenvalue weighted by atomic mass is 10.0. The SMILES string of the molecule is CCC(c1ccccn1)N(C)C(=O)c1cccc(-c2ccc(C)nc2C)c1. The molecule has 0 bridgehead atoms. The molecule has 3 aromatic rings. The molecule has 1 atom stereocenters. The zero-order valence-corrected chi connectivity index (χ0v) is 16.3. The molecule has 0 saturated carbocycles. The van der Waals surface area contributed by atoms with Gasteiger partial charge < -0.3 is 4.90 Å². The van der Waals surface area contributed by atoms with Crippen LogP contribution in [0, 0.1) is 13.8 Å². The predicted octanol–water partition coefficient (Wildman–Crippen LogP) is 4.98. The van der Waals surface area contributed by atoms with Crippen LogP contribution in [0.5, 0.6) is 0 Å². The fourth-order valence-electron chi connectivity index (χ4n) is 3.41. The maximum absolute atomic E-state index is 13.1. The molecular formula is C23H25N3O. The third kappa shape index (κ3) is 4.05. The molecule has 1 amide bonds. The second-order valence-corrected chi connectivity index (χ2v) is 6.76. The van der Waals surface area contributed by atoms with Crippen LogP contribution in [-0.2, 0) is 0 Å². The van der Waals surface area contributed by atoms with Crippen molar-refractivity contribution in [3.05, 3.63) is 83.4 Å². The summed E-state index contributed by atoms with van der Waals surface area (Å²) in [7, 11) is 1.84. The Bertz CT molecular complexity index is 937. The third-order valence-electron chi connectivity index (χ3n) is 4.85. The summed E-state index contributed by atoms with van der Waals surface area (Å²) in [4.78, 5) is 23.9. The Morgan fingerprint density at radius 3 is 2.56 bits per heavy atom. The molecule has 0 aliphatic carbocycles. The summed E-state index contributed by atoms with van der Waals surface area (Å²) in [6.45, 7) is 6.05. The zero-order chi connectivity index (χ0) is 19.4. The zero-order valence-electron chi connectivity index (χ0n) is 16.3. The van der Waals surface area contributed by atoms with Gasteiger partial charge in [-0.2, -0.15) is 0 Å². The molecular weight excluding hydrogens is 334 g/mol. The van der Waals surface area contributed by atoms with Gasteiger partial charge in [0.25, 0.3) is 5.91 Å². The monoisotopic (exact) mass is 359 g/mol. The van der Waals surface area contributed by atoms with E-state index in [2.05, 4.69) is 23.0 Å². The Balaban J connectivity index is 1.91. The van der Waals surface area contributed by atoms with Gasteiger partial charge in [-0.1, -0.05) is 31.2 Å². The normalized spacial score (nSPS) is 11.9. The maximum atomic E-state index is 13.1. The Hall–Kier alpha value is -3.01. The van der Waals surface area contributed by atoms with E-state index >= 15 is 0 Å². The van der Waals surface area contributed by atoms with Crippen molar-refractivity contribution in [3.8, 4) is 11.1 Å². The fourth-order valence-corrected chi connectivity index (χ4v) is 3.41. The second-order valence-electron chi connectivity index (χ2n) is 6.76. The second kappa shape index (κ2) is 8.12. The standard InChI is InChI=1S/C23H25N3O/c1-5-22(21-11-6-7-14-24-21)26(4)23(27)19-10-8-9-18(15-19)20-13-12-16(2)25-17(20)3/h6-15,22H,5H2,1-4H3. The molecule has 0 fully saturated rings. The summed E-state index contributed by atoms with van der Waals surface area (Å²) in [5, 5.41) is 0. The molecule has 4 heteroatoms. The number of amides is 1. The minimum Gasteiger partial charge on any atom is -0.333 e. The topological polar surface area (TPSA) is 46.1 Å². The largest absolute Gasteiger partial charge is 0.333 e. The van der Waals surface area contributed by atoms with Crippen LogP contribution in [0.25, 0.3) is 11.1 Å². The number of rotatable bonds is 5. The van der Waals surface area contributed by atoms with E-state index in [1.807, 2.05) is 69.4 Å². The van der Waals surface area contributed by atoms with E-state index in [9.17, 15) is 4.79 Å². The van der Waals surface area contributed by atoms with Gasteiger partial charge in [-0.3, -0.25) is 14.8 Å². The van der Waals surface area contributed by atoms with Gasteiger partial charge in [0.05, 0.1) is 11.7 Å². The highest BCUT2D eigenvalue weighted by Gasteiger charge is 2.22. The first kappa shape index (κ1) is 18.8. The van der Waals surface area contributed by atoms with Crippen molar-refractivity contribution in [1.29, 1.82) is 0 Å². The fraction of sp³-hybridized carbons (Fsp3) is 0.261. The average Bonchev–Trinajstić information content (AvgIpc) is 2.69. The molecule has 1 aromatic carbocycles. The highest BCUT2D eigenvalue weighted by Crippen LogP contribution is 2.26. The van der Waals surface area contributed by atoms with E-state index in [-0.39, 0.29) is 11.9 Å². The Labute approximate surface area is 160 Å². The van der Waals surface area contributed by atoms with Crippen LogP contribution in [-0.4, -0.2) is 27.8 Å². The molecule has 138 valence electrons. The molecule has 0 aliphatic rings. The van der Waals surface area contributed by atoms with E-state index in [0.29, 0.717) is 5.56 Å². The minimum absolute atomic E-state index is 0.00734. The van der Waals surface area contributed by atoms with E-state index in [4.69, 9.17) is 0 Å². The van der Waals surface area contributed by atoms with Crippen molar-refractivity contribution in [2.24, 2.45) is 0 Å². The molecule has 27 heavy (non-hydrogen) atoms. The van der Waals surface area contributed by atoms with Gasteiger partial charge in [-0.05, 0) is 56.2 Å². The lowest BCUT2D eigenvalue weighted by Crippen LogP contribution is -2.31. The van der Waals surface area contributed by atoms with Gasteiger partial charge in [0, 0.05) is 35.8 Å². The maximum Gasteiger partial charge on any atom is 0.254 e. The van der Waals surface area contributed by atoms with Gasteiger partial charge in [0.15, 0.2) is 0 Å². The molecule has 0 radical (unpaired) electrons. The van der Waals surface area contributed by atoms with E-state index in [1.165, 1.54) is 0 Å². The Morgan fingerprint density at radius 1 is 1.07 bits per heavy atom. The third-order valence-corrected chi connectivity index (χ3v) is 4.85. The number of aryl methyl sites for hydroxylation is 2. The summed E-state index contributed by atoms with van der Waals surface area (Å²) in [5.41, 5.74) is 5.59. The first-order valence-corrected chi connectivity index (χ1v) is 9.24. The summed E-state index contributed by atoms with van der Waals surface area (Å²) in [6.07, 6.45) is 2.57. The molecule has 0 N–H and O–H groups in total. The van der Waals surface area contributed by atoms with Gasteiger partial charge in [0.2, 0.25) is 0 Å². The number of carbonyl (C=O) groups is 1. The van der Waals surface area contributed by atoms with Crippen molar-refractivity contribution >= 4 is 5.91 Å². The molecule has 0 aliphatic heterocycles. The van der Waals surface area contributed by atoms with Crippen molar-refractivity contribution in [2.75, 3.05) is 7.05 Å². The quantitative estimate of drug-likeness (QED) is 0.645. The minimum atomic E-state index is -0.0508. The number of pyridine rings is 2. The van der Waals surface area contributed by atoms with Gasteiger partial charge in [-0.15, -0.1) is 0 Å². The lowest BCUT2D eigenvalue weighted by Gasteiger charge is -2.27. The number of aromatic nitrogens is 2. The highest BCUT2D eigenvalue weighted by molar-refractivity contribution is 5.95. The van der Waals surface area contributed by atoms with Gasteiger partial charge in [-0.25, -0.2) is 0 Å². The molecule has 1 unspecified atom stereocenters. The first-order valence-electron chi connectivity index (χ1n) is 9.24. The first-order chi connectivity index (χ1) is 13.0. The molecule has 2 aromatic heterocycles. The van der Waals surface area contributed by atoms with Gasteiger partial charge in [0.1, 0.15) is 0 Å². The summed E-state index contributed by atoms with van der Waals surface area (Å²) < 4.78 is 0. The van der Waals surface area contributed by atoms with E-state index in [1.54, 1.807) is 11.1 Å². The lowest BCUT2D eigenvalue weighted by molar-refractivity contribution is 0.0723. The average molecular weight is 359 g/mol. The molecule has 4 nitrogen and oxygen atoms in total. The van der Waals surface area contributed by atoms with Crippen LogP contribution in [0.3, 0.4) is 0 Å². The van der Waals surface area contributed by atoms with Crippen LogP contribution in [0.4, 0.5) is 0 Å². The number of benzene rings is 1. The highest BCUT2D eigenvalue weighted by atomic mass is 16.2. The number of carbonyl (C=O) groups excluding carboxylic acids is 1. The van der Waals surface area contributed by atoms with Crippen LogP contribution in [0.2, 0.25) is 0 Å². The van der Waals surface area contributed by atoms with Crippen LogP contribution >= 0.6 is 0 Å².